The van der Waals surface area contributed by atoms with Gasteiger partial charge in [0.2, 0.25) is 0 Å². The van der Waals surface area contributed by atoms with Gasteiger partial charge in [0.05, 0.1) is 5.69 Å². The lowest BCUT2D eigenvalue weighted by Gasteiger charge is -2.27. The number of rotatable bonds is 3. The minimum atomic E-state index is -0.803. The Bertz CT molecular complexity index is 1210. The fourth-order valence-corrected chi connectivity index (χ4v) is 3.20. The minimum absolute atomic E-state index is 0.226. The molecule has 2 heterocycles. The smallest absolute Gasteiger partial charge is 0.335 e. The first kappa shape index (κ1) is 19.3. The Hall–Kier alpha value is -4.00. The number of furan rings is 1. The second kappa shape index (κ2) is 7.44. The third kappa shape index (κ3) is 3.41. The number of imide groups is 2. The molecule has 1 aliphatic heterocycles. The Morgan fingerprint density at radius 2 is 1.70 bits per heavy atom. The fraction of sp³-hybridized carbons (Fsp3) is 0.0870. The van der Waals surface area contributed by atoms with Gasteiger partial charge in [0, 0.05) is 5.56 Å². The van der Waals surface area contributed by atoms with Crippen LogP contribution in [-0.4, -0.2) is 17.8 Å². The van der Waals surface area contributed by atoms with Crippen LogP contribution in [0.25, 0.3) is 17.4 Å². The standard InChI is InChI=1S/C23H17FN2O4/c1-13-4-3-5-19(14(13)2)26-22(28)18(21(27)25-23(26)29)12-17-10-11-20(30-17)15-6-8-16(24)9-7-15/h3-12H,1-2H3,(H,25,27,29). The van der Waals surface area contributed by atoms with E-state index in [0.29, 0.717) is 17.0 Å². The van der Waals surface area contributed by atoms with Crippen molar-refractivity contribution in [2.45, 2.75) is 13.8 Å². The number of anilines is 1. The molecule has 1 N–H and O–H groups in total. The molecule has 150 valence electrons. The first-order chi connectivity index (χ1) is 14.3. The normalized spacial score (nSPS) is 15.6. The summed E-state index contributed by atoms with van der Waals surface area (Å²) in [4.78, 5) is 38.7. The third-order valence-corrected chi connectivity index (χ3v) is 4.96. The van der Waals surface area contributed by atoms with Crippen LogP contribution < -0.4 is 10.2 Å². The van der Waals surface area contributed by atoms with Gasteiger partial charge in [0.25, 0.3) is 11.8 Å². The van der Waals surface area contributed by atoms with E-state index < -0.39 is 17.8 Å². The van der Waals surface area contributed by atoms with Gasteiger partial charge >= 0.3 is 6.03 Å². The van der Waals surface area contributed by atoms with E-state index in [0.717, 1.165) is 16.0 Å². The molecule has 1 fully saturated rings. The Balaban J connectivity index is 1.70. The number of nitrogens with zero attached hydrogens (tertiary/aromatic N) is 1. The van der Waals surface area contributed by atoms with Gasteiger partial charge in [-0.05, 0) is 73.5 Å². The van der Waals surface area contributed by atoms with E-state index in [9.17, 15) is 18.8 Å². The van der Waals surface area contributed by atoms with Crippen molar-refractivity contribution in [3.63, 3.8) is 0 Å². The highest BCUT2D eigenvalue weighted by Crippen LogP contribution is 2.28. The van der Waals surface area contributed by atoms with Gasteiger partial charge in [-0.25, -0.2) is 14.1 Å². The average Bonchev–Trinajstić information content (AvgIpc) is 3.17. The van der Waals surface area contributed by atoms with Crippen molar-refractivity contribution >= 4 is 29.6 Å². The number of carbonyl (C=O) groups is 3. The monoisotopic (exact) mass is 404 g/mol. The molecule has 4 amide bonds. The van der Waals surface area contributed by atoms with Crippen molar-refractivity contribution in [3.05, 3.63) is 82.9 Å². The molecule has 0 unspecified atom stereocenters. The zero-order valence-corrected chi connectivity index (χ0v) is 16.2. The number of amides is 4. The number of halogens is 1. The molecule has 0 radical (unpaired) electrons. The van der Waals surface area contributed by atoms with Crippen molar-refractivity contribution in [1.29, 1.82) is 0 Å². The van der Waals surface area contributed by atoms with Crippen LogP contribution in [0.1, 0.15) is 16.9 Å². The molecule has 0 saturated carbocycles. The first-order valence-electron chi connectivity index (χ1n) is 9.18. The molecule has 6 nitrogen and oxygen atoms in total. The summed E-state index contributed by atoms with van der Waals surface area (Å²) in [5.41, 5.74) is 2.49. The van der Waals surface area contributed by atoms with Crippen LogP contribution in [0.15, 0.2) is 64.6 Å². The van der Waals surface area contributed by atoms with E-state index in [4.69, 9.17) is 4.42 Å². The molecule has 1 aliphatic rings. The first-order valence-corrected chi connectivity index (χ1v) is 9.18. The highest BCUT2D eigenvalue weighted by atomic mass is 19.1. The molecule has 0 atom stereocenters. The maximum atomic E-state index is 13.1. The maximum Gasteiger partial charge on any atom is 0.335 e. The lowest BCUT2D eigenvalue weighted by Crippen LogP contribution is -2.54. The zero-order chi connectivity index (χ0) is 21.4. The van der Waals surface area contributed by atoms with E-state index in [2.05, 4.69) is 5.32 Å². The van der Waals surface area contributed by atoms with Crippen LogP contribution in [-0.2, 0) is 9.59 Å². The second-order valence-electron chi connectivity index (χ2n) is 6.89. The number of urea groups is 1. The molecule has 0 aliphatic carbocycles. The molecule has 3 aromatic rings. The summed E-state index contributed by atoms with van der Waals surface area (Å²) >= 11 is 0. The highest BCUT2D eigenvalue weighted by molar-refractivity contribution is 6.39. The van der Waals surface area contributed by atoms with Crippen LogP contribution >= 0.6 is 0 Å². The van der Waals surface area contributed by atoms with Crippen LogP contribution in [0.4, 0.5) is 14.9 Å². The molecule has 1 saturated heterocycles. The van der Waals surface area contributed by atoms with Gasteiger partial charge < -0.3 is 4.42 Å². The molecule has 2 aromatic carbocycles. The number of nitrogens with one attached hydrogen (secondary N) is 1. The summed E-state index contributed by atoms with van der Waals surface area (Å²) in [5.74, 6) is -1.20. The average molecular weight is 404 g/mol. The Morgan fingerprint density at radius 3 is 2.43 bits per heavy atom. The largest absolute Gasteiger partial charge is 0.457 e. The summed E-state index contributed by atoms with van der Waals surface area (Å²) in [7, 11) is 0. The fourth-order valence-electron chi connectivity index (χ4n) is 3.20. The lowest BCUT2D eigenvalue weighted by molar-refractivity contribution is -0.122. The van der Waals surface area contributed by atoms with E-state index >= 15 is 0 Å². The Kier molecular flexibility index (Phi) is 4.79. The SMILES string of the molecule is Cc1cccc(N2C(=O)NC(=O)C(=Cc3ccc(-c4ccc(F)cc4)o3)C2=O)c1C. The van der Waals surface area contributed by atoms with Gasteiger partial charge in [-0.2, -0.15) is 0 Å². The summed E-state index contributed by atoms with van der Waals surface area (Å²) in [6.45, 7) is 3.67. The molecule has 1 aromatic heterocycles. The zero-order valence-electron chi connectivity index (χ0n) is 16.2. The summed E-state index contributed by atoms with van der Waals surface area (Å²) in [6.07, 6.45) is 1.29. The molecule has 0 spiro atoms. The van der Waals surface area contributed by atoms with Crippen molar-refractivity contribution in [1.82, 2.24) is 5.32 Å². The topological polar surface area (TPSA) is 79.6 Å². The predicted molar refractivity (Wildman–Crippen MR) is 109 cm³/mol. The molecular formula is C23H17FN2O4. The molecule has 30 heavy (non-hydrogen) atoms. The predicted octanol–water partition coefficient (Wildman–Crippen LogP) is 4.37. The van der Waals surface area contributed by atoms with E-state index in [1.54, 1.807) is 43.3 Å². The quantitative estimate of drug-likeness (QED) is 0.519. The Labute approximate surface area is 171 Å². The molecular weight excluding hydrogens is 387 g/mol. The van der Waals surface area contributed by atoms with Gasteiger partial charge in [-0.3, -0.25) is 14.9 Å². The number of carbonyl (C=O) groups excluding carboxylic acids is 3. The summed E-state index contributed by atoms with van der Waals surface area (Å²) in [5, 5.41) is 2.20. The second-order valence-corrected chi connectivity index (χ2v) is 6.89. The number of barbiturate groups is 1. The number of hydrogen-bond acceptors (Lipinski definition) is 4. The highest BCUT2D eigenvalue weighted by Gasteiger charge is 2.37. The van der Waals surface area contributed by atoms with Crippen LogP contribution in [0, 0.1) is 19.7 Å². The third-order valence-electron chi connectivity index (χ3n) is 4.96. The van der Waals surface area contributed by atoms with Crippen molar-refractivity contribution < 1.29 is 23.2 Å². The summed E-state index contributed by atoms with van der Waals surface area (Å²) < 4.78 is 18.8. The van der Waals surface area contributed by atoms with Crippen molar-refractivity contribution in [2.75, 3.05) is 4.90 Å². The number of aryl methyl sites for hydroxylation is 1. The van der Waals surface area contributed by atoms with Gasteiger partial charge in [0.15, 0.2) is 0 Å². The Morgan fingerprint density at radius 1 is 0.967 bits per heavy atom. The number of benzene rings is 2. The van der Waals surface area contributed by atoms with Crippen molar-refractivity contribution in [3.8, 4) is 11.3 Å². The van der Waals surface area contributed by atoms with E-state index in [1.165, 1.54) is 18.2 Å². The van der Waals surface area contributed by atoms with Gasteiger partial charge in [0.1, 0.15) is 22.9 Å². The van der Waals surface area contributed by atoms with Gasteiger partial charge in [-0.1, -0.05) is 12.1 Å². The molecule has 0 bridgehead atoms. The maximum absolute atomic E-state index is 13.1. The van der Waals surface area contributed by atoms with Crippen LogP contribution in [0.2, 0.25) is 0 Å². The lowest BCUT2D eigenvalue weighted by atomic mass is 10.0. The molecule has 4 rings (SSSR count). The van der Waals surface area contributed by atoms with E-state index in [1.807, 2.05) is 13.0 Å². The van der Waals surface area contributed by atoms with Crippen molar-refractivity contribution in [2.24, 2.45) is 0 Å². The summed E-state index contributed by atoms with van der Waals surface area (Å²) in [6, 6.07) is 13.4. The van der Waals surface area contributed by atoms with Crippen LogP contribution in [0.3, 0.4) is 0 Å². The van der Waals surface area contributed by atoms with Crippen LogP contribution in [0.5, 0.6) is 0 Å². The minimum Gasteiger partial charge on any atom is -0.457 e. The number of hydrogen-bond donors (Lipinski definition) is 1. The molecule has 7 heteroatoms. The van der Waals surface area contributed by atoms with E-state index in [-0.39, 0.29) is 17.2 Å². The van der Waals surface area contributed by atoms with Gasteiger partial charge in [-0.15, -0.1) is 0 Å².